The highest BCUT2D eigenvalue weighted by molar-refractivity contribution is 5.83. The molecule has 124 valence electrons. The van der Waals surface area contributed by atoms with Crippen molar-refractivity contribution in [3.63, 3.8) is 0 Å². The van der Waals surface area contributed by atoms with Crippen LogP contribution in [0.2, 0.25) is 0 Å². The second-order valence-corrected chi connectivity index (χ2v) is 6.35. The van der Waals surface area contributed by atoms with Crippen LogP contribution in [0.15, 0.2) is 12.7 Å². The average Bonchev–Trinajstić information content (AvgIpc) is 3.19. The van der Waals surface area contributed by atoms with Gasteiger partial charge in [-0.25, -0.2) is 15.0 Å². The molecule has 4 N–H and O–H groups in total. The molecule has 2 fully saturated rings. The monoisotopic (exact) mass is 321 g/mol. The first kappa shape index (κ1) is 14.8. The molecule has 2 aromatic rings. The highest BCUT2D eigenvalue weighted by atomic mass is 16.6. The lowest BCUT2D eigenvalue weighted by Gasteiger charge is -2.27. The van der Waals surface area contributed by atoms with E-state index in [0.29, 0.717) is 23.0 Å². The first-order valence-corrected chi connectivity index (χ1v) is 7.63. The van der Waals surface area contributed by atoms with Crippen LogP contribution in [0.25, 0.3) is 11.2 Å². The summed E-state index contributed by atoms with van der Waals surface area (Å²) in [5.41, 5.74) is -0.490. The summed E-state index contributed by atoms with van der Waals surface area (Å²) in [5, 5.41) is 33.3. The van der Waals surface area contributed by atoms with Crippen molar-refractivity contribution < 1.29 is 20.1 Å². The number of aromatic nitrogens is 4. The Hall–Kier alpha value is -1.81. The highest BCUT2D eigenvalue weighted by Crippen LogP contribution is 2.39. The van der Waals surface area contributed by atoms with Gasteiger partial charge in [-0.2, -0.15) is 0 Å². The van der Waals surface area contributed by atoms with Crippen molar-refractivity contribution >= 4 is 17.0 Å². The highest BCUT2D eigenvalue weighted by Gasteiger charge is 2.53. The van der Waals surface area contributed by atoms with Crippen molar-refractivity contribution in [2.75, 3.05) is 11.9 Å². The zero-order valence-corrected chi connectivity index (χ0v) is 12.6. The molecule has 4 rings (SSSR count). The molecule has 0 radical (unpaired) electrons. The third-order valence-corrected chi connectivity index (χ3v) is 4.46. The number of aliphatic hydroxyl groups is 3. The van der Waals surface area contributed by atoms with Crippen molar-refractivity contribution in [3.05, 3.63) is 12.7 Å². The third-order valence-electron chi connectivity index (χ3n) is 4.46. The van der Waals surface area contributed by atoms with Gasteiger partial charge in [0, 0.05) is 6.04 Å². The number of anilines is 1. The van der Waals surface area contributed by atoms with E-state index in [-0.39, 0.29) is 6.61 Å². The minimum atomic E-state index is -1.57. The van der Waals surface area contributed by atoms with Crippen LogP contribution in [0.1, 0.15) is 26.0 Å². The summed E-state index contributed by atoms with van der Waals surface area (Å²) in [5.74, 6) is 0.646. The van der Waals surface area contributed by atoms with Gasteiger partial charge in [0.1, 0.15) is 24.1 Å². The molecule has 2 aromatic heterocycles. The molecule has 3 heterocycles. The van der Waals surface area contributed by atoms with E-state index in [9.17, 15) is 15.3 Å². The van der Waals surface area contributed by atoms with E-state index >= 15 is 0 Å². The Kier molecular flexibility index (Phi) is 3.27. The summed E-state index contributed by atoms with van der Waals surface area (Å²) in [6.07, 6.45) is 2.17. The predicted molar refractivity (Wildman–Crippen MR) is 79.6 cm³/mol. The fraction of sp³-hybridized carbons (Fsp3) is 0.643. The van der Waals surface area contributed by atoms with Gasteiger partial charge in [0.2, 0.25) is 0 Å². The maximum atomic E-state index is 10.6. The number of aliphatic hydroxyl groups excluding tert-OH is 2. The van der Waals surface area contributed by atoms with Gasteiger partial charge in [-0.1, -0.05) is 0 Å². The smallest absolute Gasteiger partial charge is 0.168 e. The fourth-order valence-corrected chi connectivity index (χ4v) is 2.94. The summed E-state index contributed by atoms with van der Waals surface area (Å²) >= 11 is 0. The lowest BCUT2D eigenvalue weighted by molar-refractivity contribution is -0.0950. The zero-order chi connectivity index (χ0) is 16.2. The average molecular weight is 321 g/mol. The van der Waals surface area contributed by atoms with E-state index in [1.165, 1.54) is 19.6 Å². The third kappa shape index (κ3) is 2.27. The van der Waals surface area contributed by atoms with Crippen molar-refractivity contribution in [1.82, 2.24) is 19.5 Å². The molecule has 1 aliphatic heterocycles. The van der Waals surface area contributed by atoms with E-state index in [1.54, 1.807) is 4.57 Å². The van der Waals surface area contributed by atoms with Crippen LogP contribution in [-0.2, 0) is 4.74 Å². The summed E-state index contributed by atoms with van der Waals surface area (Å²) in [4.78, 5) is 12.8. The summed E-state index contributed by atoms with van der Waals surface area (Å²) in [6, 6.07) is 0.421. The van der Waals surface area contributed by atoms with E-state index < -0.39 is 24.0 Å². The Balaban J connectivity index is 1.74. The standard InChI is InChI=1S/C14H19N5O4/c1-14(22)10(21)8(4-20)23-13(14)19-6-17-9-11(18-7-2-3-7)15-5-16-12(9)19/h5-8,10,13,20-22H,2-4H2,1H3,(H,15,16,18)/t8-,10+,13-,14?/m1/s1. The molecule has 1 saturated heterocycles. The molecular formula is C14H19N5O4. The molecule has 0 aromatic carbocycles. The normalized spacial score (nSPS) is 34.2. The van der Waals surface area contributed by atoms with Crippen LogP contribution in [-0.4, -0.2) is 65.3 Å². The quantitative estimate of drug-likeness (QED) is 0.588. The number of nitrogens with one attached hydrogen (secondary N) is 1. The van der Waals surface area contributed by atoms with E-state index in [0.717, 1.165) is 12.8 Å². The minimum Gasteiger partial charge on any atom is -0.394 e. The fourth-order valence-electron chi connectivity index (χ4n) is 2.94. The molecule has 9 heteroatoms. The largest absolute Gasteiger partial charge is 0.394 e. The summed E-state index contributed by atoms with van der Waals surface area (Å²) < 4.78 is 7.18. The Labute approximate surface area is 132 Å². The second-order valence-electron chi connectivity index (χ2n) is 6.35. The van der Waals surface area contributed by atoms with Gasteiger partial charge in [0.25, 0.3) is 0 Å². The molecular weight excluding hydrogens is 302 g/mol. The van der Waals surface area contributed by atoms with Crippen molar-refractivity contribution in [2.24, 2.45) is 0 Å². The Morgan fingerprint density at radius 2 is 2.17 bits per heavy atom. The summed E-state index contributed by atoms with van der Waals surface area (Å²) in [6.45, 7) is 1.08. The number of imidazole rings is 1. The minimum absolute atomic E-state index is 0.385. The van der Waals surface area contributed by atoms with Crippen LogP contribution in [0.5, 0.6) is 0 Å². The van der Waals surface area contributed by atoms with E-state index in [4.69, 9.17) is 4.74 Å². The second kappa shape index (κ2) is 5.10. The number of ether oxygens (including phenoxy) is 1. The van der Waals surface area contributed by atoms with Crippen LogP contribution in [0, 0.1) is 0 Å². The zero-order valence-electron chi connectivity index (χ0n) is 12.6. The summed E-state index contributed by atoms with van der Waals surface area (Å²) in [7, 11) is 0. The topological polar surface area (TPSA) is 126 Å². The Morgan fingerprint density at radius 3 is 2.83 bits per heavy atom. The van der Waals surface area contributed by atoms with Crippen molar-refractivity contribution in [3.8, 4) is 0 Å². The van der Waals surface area contributed by atoms with Crippen LogP contribution in [0.4, 0.5) is 5.82 Å². The van der Waals surface area contributed by atoms with E-state index in [1.807, 2.05) is 0 Å². The van der Waals surface area contributed by atoms with Crippen molar-refractivity contribution in [2.45, 2.75) is 49.8 Å². The molecule has 1 saturated carbocycles. The number of rotatable bonds is 4. The Morgan fingerprint density at radius 1 is 1.39 bits per heavy atom. The SMILES string of the molecule is CC1(O)[C@@H](O)[C@@H](CO)O[C@H]1n1cnc2c(NC3CC3)ncnc21. The van der Waals surface area contributed by atoms with Gasteiger partial charge in [-0.15, -0.1) is 0 Å². The van der Waals surface area contributed by atoms with Crippen LogP contribution in [0.3, 0.4) is 0 Å². The number of hydrogen-bond donors (Lipinski definition) is 4. The number of hydrogen-bond acceptors (Lipinski definition) is 8. The predicted octanol–water partition coefficient (Wildman–Crippen LogP) is -0.598. The van der Waals surface area contributed by atoms with Gasteiger partial charge in [0.05, 0.1) is 12.9 Å². The lowest BCUT2D eigenvalue weighted by Crippen LogP contribution is -2.44. The molecule has 1 unspecified atom stereocenters. The first-order chi connectivity index (χ1) is 11.0. The first-order valence-electron chi connectivity index (χ1n) is 7.63. The molecule has 0 spiro atoms. The van der Waals surface area contributed by atoms with Crippen LogP contribution >= 0.6 is 0 Å². The molecule has 0 amide bonds. The van der Waals surface area contributed by atoms with Gasteiger partial charge >= 0.3 is 0 Å². The number of nitrogens with zero attached hydrogens (tertiary/aromatic N) is 4. The maximum absolute atomic E-state index is 10.6. The van der Waals surface area contributed by atoms with Gasteiger partial charge in [-0.3, -0.25) is 4.57 Å². The molecule has 1 aliphatic carbocycles. The maximum Gasteiger partial charge on any atom is 0.168 e. The molecule has 0 bridgehead atoms. The molecule has 4 atom stereocenters. The van der Waals surface area contributed by atoms with Gasteiger partial charge in [0.15, 0.2) is 23.2 Å². The molecule has 9 nitrogen and oxygen atoms in total. The Bertz CT molecular complexity index is 729. The molecule has 23 heavy (non-hydrogen) atoms. The van der Waals surface area contributed by atoms with Crippen molar-refractivity contribution in [1.29, 1.82) is 0 Å². The lowest BCUT2D eigenvalue weighted by atomic mass is 9.96. The van der Waals surface area contributed by atoms with Gasteiger partial charge in [-0.05, 0) is 19.8 Å². The van der Waals surface area contributed by atoms with Gasteiger partial charge < -0.3 is 25.4 Å². The molecule has 2 aliphatic rings. The number of fused-ring (bicyclic) bond motifs is 1. The van der Waals surface area contributed by atoms with Crippen LogP contribution < -0.4 is 5.32 Å². The van der Waals surface area contributed by atoms with E-state index in [2.05, 4.69) is 20.3 Å².